The molecule has 94 valence electrons. The van der Waals surface area contributed by atoms with Crippen LogP contribution in [0, 0.1) is 24.7 Å². The normalized spacial score (nSPS) is 44.2. The van der Waals surface area contributed by atoms with E-state index in [-0.39, 0.29) is 29.8 Å². The van der Waals surface area contributed by atoms with Gasteiger partial charge in [-0.15, -0.1) is 23.2 Å². The van der Waals surface area contributed by atoms with Gasteiger partial charge in [0.05, 0.1) is 6.10 Å². The minimum Gasteiger partial charge on any atom is -0.366 e. The average Bonchev–Trinajstić information content (AvgIpc) is 2.70. The summed E-state index contributed by atoms with van der Waals surface area (Å²) in [5, 5.41) is 0. The molecule has 0 N–H and O–H groups in total. The third-order valence-electron chi connectivity index (χ3n) is 4.25. The summed E-state index contributed by atoms with van der Waals surface area (Å²) in [6, 6.07) is 0. The van der Waals surface area contributed by atoms with Gasteiger partial charge in [-0.05, 0) is 44.4 Å². The van der Waals surface area contributed by atoms with E-state index < -0.39 is 4.33 Å². The monoisotopic (exact) mass is 274 g/mol. The molecule has 2 nitrogen and oxygen atoms in total. The lowest BCUT2D eigenvalue weighted by Gasteiger charge is -2.29. The van der Waals surface area contributed by atoms with Crippen LogP contribution < -0.4 is 0 Å². The number of carbonyl (C=O) groups is 1. The third kappa shape index (κ3) is 2.02. The molecular formula is C13H16Cl2O2. The molecule has 0 aromatic heterocycles. The second kappa shape index (κ2) is 4.40. The lowest BCUT2D eigenvalue weighted by atomic mass is 9.94. The van der Waals surface area contributed by atoms with Crippen molar-refractivity contribution in [3.8, 4) is 0 Å². The third-order valence-corrected chi connectivity index (χ3v) is 5.37. The van der Waals surface area contributed by atoms with Gasteiger partial charge in [-0.3, -0.25) is 4.79 Å². The van der Waals surface area contributed by atoms with E-state index in [1.165, 1.54) is 0 Å². The molecule has 0 amide bonds. The van der Waals surface area contributed by atoms with E-state index in [1.807, 2.05) is 6.42 Å². The topological polar surface area (TPSA) is 26.3 Å². The highest BCUT2D eigenvalue weighted by Gasteiger charge is 2.58. The fraction of sp³-hybridized carbons (Fsp3) is 0.769. The quantitative estimate of drug-likeness (QED) is 0.724. The van der Waals surface area contributed by atoms with E-state index in [2.05, 4.69) is 6.42 Å². The lowest BCUT2D eigenvalue weighted by Crippen LogP contribution is -2.36. The molecule has 3 rings (SSSR count). The summed E-state index contributed by atoms with van der Waals surface area (Å²) in [6.07, 6.45) is 8.23. The standard InChI is InChI=1S/C13H16Cl2O2/c14-13(15)8-5-6-9(13)12(7-8)17-11-4-2-1-3-10(11)16/h4-5,8-9,11-12H,1-3,6-7H2. The Morgan fingerprint density at radius 1 is 1.35 bits per heavy atom. The highest BCUT2D eigenvalue weighted by molar-refractivity contribution is 6.49. The summed E-state index contributed by atoms with van der Waals surface area (Å²) in [5.74, 6) is 0.580. The number of carbonyl (C=O) groups excluding carboxylic acids is 1. The molecule has 4 atom stereocenters. The van der Waals surface area contributed by atoms with E-state index in [4.69, 9.17) is 27.9 Å². The predicted octanol–water partition coefficient (Wildman–Crippen LogP) is 3.12. The van der Waals surface area contributed by atoms with Crippen LogP contribution >= 0.6 is 23.2 Å². The number of hydrogen-bond donors (Lipinski definition) is 0. The van der Waals surface area contributed by atoms with E-state index in [1.54, 1.807) is 0 Å². The van der Waals surface area contributed by atoms with Crippen LogP contribution in [0.25, 0.3) is 0 Å². The van der Waals surface area contributed by atoms with Crippen molar-refractivity contribution in [3.05, 3.63) is 12.8 Å². The first-order valence-electron chi connectivity index (χ1n) is 6.31. The van der Waals surface area contributed by atoms with Gasteiger partial charge in [-0.1, -0.05) is 0 Å². The summed E-state index contributed by atoms with van der Waals surface area (Å²) in [4.78, 5) is 11.7. The number of Topliss-reactive ketones (excluding diaryl/α,β-unsaturated/α-hetero) is 1. The zero-order valence-electron chi connectivity index (χ0n) is 9.57. The Morgan fingerprint density at radius 2 is 2.18 bits per heavy atom. The number of ether oxygens (including phenoxy) is 1. The second-order valence-corrected chi connectivity index (χ2v) is 6.73. The van der Waals surface area contributed by atoms with Crippen LogP contribution in [0.3, 0.4) is 0 Å². The summed E-state index contributed by atoms with van der Waals surface area (Å²) < 4.78 is 5.26. The molecule has 3 aliphatic carbocycles. The van der Waals surface area contributed by atoms with Crippen molar-refractivity contribution in [1.29, 1.82) is 0 Å². The zero-order chi connectivity index (χ0) is 12.0. The molecule has 0 aromatic rings. The Morgan fingerprint density at radius 3 is 2.76 bits per heavy atom. The summed E-state index contributed by atoms with van der Waals surface area (Å²) in [7, 11) is 0. The minimum absolute atomic E-state index is 0.0447. The summed E-state index contributed by atoms with van der Waals surface area (Å²) in [5.41, 5.74) is 0. The van der Waals surface area contributed by atoms with Crippen LogP contribution in [-0.2, 0) is 9.53 Å². The first-order valence-corrected chi connectivity index (χ1v) is 7.07. The first kappa shape index (κ1) is 12.3. The molecule has 2 bridgehead atoms. The molecule has 17 heavy (non-hydrogen) atoms. The fourth-order valence-corrected chi connectivity index (χ4v) is 4.07. The van der Waals surface area contributed by atoms with E-state index in [0.29, 0.717) is 6.42 Å². The smallest absolute Gasteiger partial charge is 0.161 e. The number of ketones is 1. The first-order chi connectivity index (χ1) is 8.09. The Labute approximate surface area is 112 Å². The van der Waals surface area contributed by atoms with Gasteiger partial charge in [0.2, 0.25) is 0 Å². The molecule has 3 saturated carbocycles. The van der Waals surface area contributed by atoms with Crippen molar-refractivity contribution in [2.75, 3.05) is 0 Å². The number of alkyl halides is 2. The average molecular weight is 275 g/mol. The van der Waals surface area contributed by atoms with Gasteiger partial charge in [0.1, 0.15) is 10.4 Å². The number of rotatable bonds is 2. The van der Waals surface area contributed by atoms with Crippen LogP contribution in [0.1, 0.15) is 32.1 Å². The molecule has 0 aliphatic heterocycles. The van der Waals surface area contributed by atoms with Gasteiger partial charge in [-0.25, -0.2) is 0 Å². The fourth-order valence-electron chi connectivity index (χ4n) is 3.26. The number of fused-ring (bicyclic) bond motifs is 2. The van der Waals surface area contributed by atoms with Gasteiger partial charge >= 0.3 is 0 Å². The van der Waals surface area contributed by atoms with Crippen LogP contribution in [0.5, 0.6) is 0 Å². The van der Waals surface area contributed by atoms with Gasteiger partial charge in [0, 0.05) is 12.3 Å². The summed E-state index contributed by atoms with van der Waals surface area (Å²) >= 11 is 12.7. The van der Waals surface area contributed by atoms with Gasteiger partial charge < -0.3 is 4.74 Å². The van der Waals surface area contributed by atoms with Crippen LogP contribution in [0.4, 0.5) is 0 Å². The minimum atomic E-state index is -0.678. The van der Waals surface area contributed by atoms with Gasteiger partial charge in [0.15, 0.2) is 5.78 Å². The molecule has 3 aliphatic rings. The van der Waals surface area contributed by atoms with Crippen LogP contribution in [0.2, 0.25) is 0 Å². The van der Waals surface area contributed by atoms with Crippen molar-refractivity contribution in [3.63, 3.8) is 0 Å². The second-order valence-electron chi connectivity index (χ2n) is 5.28. The van der Waals surface area contributed by atoms with Crippen molar-refractivity contribution in [1.82, 2.24) is 0 Å². The summed E-state index contributed by atoms with van der Waals surface area (Å²) in [6.45, 7) is 0. The highest BCUT2D eigenvalue weighted by atomic mass is 35.5. The Hall–Kier alpha value is 0.210. The Bertz CT molecular complexity index is 329. The number of hydrogen-bond acceptors (Lipinski definition) is 2. The maximum absolute atomic E-state index is 11.7. The molecule has 0 aromatic carbocycles. The highest BCUT2D eigenvalue weighted by Crippen LogP contribution is 2.58. The SMILES string of the molecule is O=C1CCC[CH]C1OC1CC2[CH]CC1C2(Cl)Cl. The van der Waals surface area contributed by atoms with E-state index >= 15 is 0 Å². The Kier molecular flexibility index (Phi) is 3.17. The largest absolute Gasteiger partial charge is 0.366 e. The van der Waals surface area contributed by atoms with E-state index in [9.17, 15) is 4.79 Å². The van der Waals surface area contributed by atoms with Crippen LogP contribution in [-0.4, -0.2) is 22.3 Å². The van der Waals surface area contributed by atoms with Crippen LogP contribution in [0.15, 0.2) is 0 Å². The molecule has 0 spiro atoms. The lowest BCUT2D eigenvalue weighted by molar-refractivity contribution is -0.135. The molecule has 0 heterocycles. The van der Waals surface area contributed by atoms with Crippen molar-refractivity contribution >= 4 is 29.0 Å². The van der Waals surface area contributed by atoms with Crippen molar-refractivity contribution < 1.29 is 9.53 Å². The van der Waals surface area contributed by atoms with Gasteiger partial charge in [-0.2, -0.15) is 0 Å². The molecule has 2 radical (unpaired) electrons. The maximum Gasteiger partial charge on any atom is 0.161 e. The molecule has 4 heteroatoms. The number of halogens is 2. The molecule has 4 unspecified atom stereocenters. The molecular weight excluding hydrogens is 259 g/mol. The zero-order valence-corrected chi connectivity index (χ0v) is 11.1. The maximum atomic E-state index is 11.7. The van der Waals surface area contributed by atoms with Gasteiger partial charge in [0.25, 0.3) is 0 Å². The van der Waals surface area contributed by atoms with Crippen molar-refractivity contribution in [2.24, 2.45) is 11.8 Å². The Balaban J connectivity index is 1.65. The molecule has 0 saturated heterocycles. The predicted molar refractivity (Wildman–Crippen MR) is 66.8 cm³/mol. The van der Waals surface area contributed by atoms with E-state index in [0.717, 1.165) is 25.7 Å². The molecule has 3 fully saturated rings. The van der Waals surface area contributed by atoms with Crippen molar-refractivity contribution in [2.45, 2.75) is 48.6 Å².